The Morgan fingerprint density at radius 3 is 2.93 bits per heavy atom. The van der Waals surface area contributed by atoms with Gasteiger partial charge in [-0.3, -0.25) is 4.79 Å². The monoisotopic (exact) mass is 205 g/mol. The van der Waals surface area contributed by atoms with Crippen molar-refractivity contribution in [3.05, 3.63) is 47.0 Å². The van der Waals surface area contributed by atoms with Crippen LogP contribution in [0.2, 0.25) is 0 Å². The van der Waals surface area contributed by atoms with Gasteiger partial charge in [0.2, 0.25) is 5.78 Å². The van der Waals surface area contributed by atoms with Crippen LogP contribution in [-0.2, 0) is 0 Å². The molecule has 0 radical (unpaired) electrons. The Kier molecular flexibility index (Phi) is 2.29. The minimum Gasteiger partial charge on any atom is -0.287 e. The number of halogens is 1. The van der Waals surface area contributed by atoms with Crippen LogP contribution >= 0.6 is 0 Å². The minimum atomic E-state index is -0.548. The SMILES string of the molecule is Cc1ccc(F)c(C(=O)c2cn[nH]n2)c1. The van der Waals surface area contributed by atoms with E-state index in [0.29, 0.717) is 0 Å². The molecule has 0 fully saturated rings. The second kappa shape index (κ2) is 3.61. The fourth-order valence-corrected chi connectivity index (χ4v) is 1.26. The average molecular weight is 205 g/mol. The highest BCUT2D eigenvalue weighted by atomic mass is 19.1. The number of carbonyl (C=O) groups is 1. The van der Waals surface area contributed by atoms with Gasteiger partial charge in [0, 0.05) is 0 Å². The van der Waals surface area contributed by atoms with E-state index in [0.717, 1.165) is 5.56 Å². The number of H-pyrrole nitrogens is 1. The molecule has 1 heterocycles. The van der Waals surface area contributed by atoms with Crippen LogP contribution in [0.15, 0.2) is 24.4 Å². The van der Waals surface area contributed by atoms with Crippen LogP contribution in [0.1, 0.15) is 21.6 Å². The Labute approximate surface area is 85.1 Å². The van der Waals surface area contributed by atoms with Crippen molar-refractivity contribution in [2.24, 2.45) is 0 Å². The number of hydrogen-bond donors (Lipinski definition) is 1. The number of nitrogens with zero attached hydrogens (tertiary/aromatic N) is 2. The van der Waals surface area contributed by atoms with E-state index in [1.54, 1.807) is 13.0 Å². The number of hydrogen-bond acceptors (Lipinski definition) is 3. The van der Waals surface area contributed by atoms with Crippen molar-refractivity contribution in [3.8, 4) is 0 Å². The molecule has 0 saturated carbocycles. The topological polar surface area (TPSA) is 58.6 Å². The number of rotatable bonds is 2. The van der Waals surface area contributed by atoms with Gasteiger partial charge in [0.25, 0.3) is 0 Å². The van der Waals surface area contributed by atoms with Gasteiger partial charge >= 0.3 is 0 Å². The highest BCUT2D eigenvalue weighted by Crippen LogP contribution is 2.13. The van der Waals surface area contributed by atoms with Gasteiger partial charge in [-0.25, -0.2) is 4.39 Å². The second-order valence-corrected chi connectivity index (χ2v) is 3.17. The standard InChI is InChI=1S/C10H8FN3O/c1-6-2-3-8(11)7(4-6)10(15)9-5-12-14-13-9/h2-5H,1H3,(H,12,13,14). The van der Waals surface area contributed by atoms with Crippen molar-refractivity contribution < 1.29 is 9.18 Å². The molecule has 4 nitrogen and oxygen atoms in total. The predicted molar refractivity (Wildman–Crippen MR) is 51.0 cm³/mol. The first kappa shape index (κ1) is 9.51. The molecule has 0 unspecified atom stereocenters. The predicted octanol–water partition coefficient (Wildman–Crippen LogP) is 1.48. The van der Waals surface area contributed by atoms with Crippen LogP contribution in [0, 0.1) is 12.7 Å². The summed E-state index contributed by atoms with van der Waals surface area (Å²) in [6, 6.07) is 4.36. The Morgan fingerprint density at radius 1 is 1.47 bits per heavy atom. The van der Waals surface area contributed by atoms with Gasteiger partial charge in [-0.05, 0) is 19.1 Å². The third-order valence-corrected chi connectivity index (χ3v) is 2.01. The van der Waals surface area contributed by atoms with E-state index in [1.807, 2.05) is 0 Å². The van der Waals surface area contributed by atoms with Crippen LogP contribution in [0.25, 0.3) is 0 Å². The highest BCUT2D eigenvalue weighted by Gasteiger charge is 2.16. The molecule has 1 N–H and O–H groups in total. The van der Waals surface area contributed by atoms with Crippen LogP contribution in [0.5, 0.6) is 0 Å². The second-order valence-electron chi connectivity index (χ2n) is 3.17. The zero-order valence-corrected chi connectivity index (χ0v) is 7.99. The summed E-state index contributed by atoms with van der Waals surface area (Å²) in [5.41, 5.74) is 0.951. The first-order valence-electron chi connectivity index (χ1n) is 4.35. The molecular weight excluding hydrogens is 197 g/mol. The Morgan fingerprint density at radius 2 is 2.27 bits per heavy atom. The van der Waals surface area contributed by atoms with Gasteiger partial charge in [0.1, 0.15) is 5.82 Å². The molecule has 0 atom stereocenters. The summed E-state index contributed by atoms with van der Waals surface area (Å²) >= 11 is 0. The zero-order chi connectivity index (χ0) is 10.8. The molecule has 1 aromatic carbocycles. The summed E-state index contributed by atoms with van der Waals surface area (Å²) in [5.74, 6) is -1.02. The molecule has 15 heavy (non-hydrogen) atoms. The molecule has 76 valence electrons. The number of ketones is 1. The average Bonchev–Trinajstić information content (AvgIpc) is 2.74. The van der Waals surface area contributed by atoms with Crippen molar-refractivity contribution in [2.45, 2.75) is 6.92 Å². The fourth-order valence-electron chi connectivity index (χ4n) is 1.26. The summed E-state index contributed by atoms with van der Waals surface area (Å²) in [4.78, 5) is 11.7. The maximum atomic E-state index is 13.3. The van der Waals surface area contributed by atoms with Gasteiger partial charge in [0.15, 0.2) is 5.69 Å². The molecule has 2 rings (SSSR count). The van der Waals surface area contributed by atoms with Crippen molar-refractivity contribution in [3.63, 3.8) is 0 Å². The Bertz CT molecular complexity index is 493. The molecule has 0 spiro atoms. The van der Waals surface area contributed by atoms with Crippen molar-refractivity contribution in [2.75, 3.05) is 0 Å². The third-order valence-electron chi connectivity index (χ3n) is 2.01. The van der Waals surface area contributed by atoms with E-state index in [-0.39, 0.29) is 11.3 Å². The van der Waals surface area contributed by atoms with E-state index in [1.165, 1.54) is 18.3 Å². The number of carbonyl (C=O) groups excluding carboxylic acids is 1. The summed E-state index contributed by atoms with van der Waals surface area (Å²) in [6.07, 6.45) is 1.27. The zero-order valence-electron chi connectivity index (χ0n) is 7.99. The van der Waals surface area contributed by atoms with E-state index >= 15 is 0 Å². The molecule has 0 aliphatic carbocycles. The molecule has 0 aliphatic heterocycles. The number of benzene rings is 1. The fraction of sp³-hybridized carbons (Fsp3) is 0.100. The normalized spacial score (nSPS) is 10.3. The Balaban J connectivity index is 2.46. The van der Waals surface area contributed by atoms with Crippen molar-refractivity contribution >= 4 is 5.78 Å². The maximum Gasteiger partial charge on any atom is 0.217 e. The summed E-state index contributed by atoms with van der Waals surface area (Å²) in [7, 11) is 0. The quantitative estimate of drug-likeness (QED) is 0.755. The molecular formula is C10H8FN3O. The highest BCUT2D eigenvalue weighted by molar-refractivity contribution is 6.07. The largest absolute Gasteiger partial charge is 0.287 e. The molecule has 0 aliphatic rings. The molecule has 5 heteroatoms. The van der Waals surface area contributed by atoms with Crippen LogP contribution in [-0.4, -0.2) is 21.2 Å². The number of aromatic amines is 1. The van der Waals surface area contributed by atoms with Gasteiger partial charge in [-0.2, -0.15) is 15.4 Å². The third kappa shape index (κ3) is 1.76. The lowest BCUT2D eigenvalue weighted by atomic mass is 10.1. The number of aryl methyl sites for hydroxylation is 1. The lowest BCUT2D eigenvalue weighted by Crippen LogP contribution is -2.05. The molecule has 1 aromatic heterocycles. The summed E-state index contributed by atoms with van der Waals surface area (Å²) in [5, 5.41) is 9.42. The van der Waals surface area contributed by atoms with Crippen molar-refractivity contribution in [1.29, 1.82) is 0 Å². The number of aromatic nitrogens is 3. The molecule has 0 bridgehead atoms. The van der Waals surface area contributed by atoms with E-state index in [4.69, 9.17) is 0 Å². The van der Waals surface area contributed by atoms with Crippen LogP contribution in [0.3, 0.4) is 0 Å². The Hall–Kier alpha value is -2.04. The van der Waals surface area contributed by atoms with E-state index in [9.17, 15) is 9.18 Å². The maximum absolute atomic E-state index is 13.3. The lowest BCUT2D eigenvalue weighted by molar-refractivity contribution is 0.103. The van der Waals surface area contributed by atoms with Crippen LogP contribution in [0.4, 0.5) is 4.39 Å². The summed E-state index contributed by atoms with van der Waals surface area (Å²) in [6.45, 7) is 1.79. The van der Waals surface area contributed by atoms with Gasteiger partial charge in [-0.15, -0.1) is 0 Å². The first-order chi connectivity index (χ1) is 7.18. The van der Waals surface area contributed by atoms with Crippen LogP contribution < -0.4 is 0 Å². The first-order valence-corrected chi connectivity index (χ1v) is 4.35. The van der Waals surface area contributed by atoms with E-state index < -0.39 is 11.6 Å². The number of nitrogens with one attached hydrogen (secondary N) is 1. The molecule has 0 amide bonds. The van der Waals surface area contributed by atoms with E-state index in [2.05, 4.69) is 15.4 Å². The van der Waals surface area contributed by atoms with Crippen molar-refractivity contribution in [1.82, 2.24) is 15.4 Å². The lowest BCUT2D eigenvalue weighted by Gasteiger charge is -2.00. The molecule has 2 aromatic rings. The van der Waals surface area contributed by atoms with Gasteiger partial charge in [0.05, 0.1) is 11.8 Å². The summed E-state index contributed by atoms with van der Waals surface area (Å²) < 4.78 is 13.3. The smallest absolute Gasteiger partial charge is 0.217 e. The molecule has 0 saturated heterocycles. The van der Waals surface area contributed by atoms with Gasteiger partial charge < -0.3 is 0 Å². The van der Waals surface area contributed by atoms with Gasteiger partial charge in [-0.1, -0.05) is 11.6 Å². The minimum absolute atomic E-state index is 0.0175.